The summed E-state index contributed by atoms with van der Waals surface area (Å²) in [5.41, 5.74) is 9.23. The quantitative estimate of drug-likeness (QED) is 0.548. The van der Waals surface area contributed by atoms with Crippen LogP contribution in [-0.2, 0) is 6.54 Å². The van der Waals surface area contributed by atoms with Crippen molar-refractivity contribution in [2.24, 2.45) is 11.0 Å². The zero-order valence-electron chi connectivity index (χ0n) is 16.5. The lowest BCUT2D eigenvalue weighted by Gasteiger charge is -2.25. The van der Waals surface area contributed by atoms with E-state index in [1.54, 1.807) is 0 Å². The van der Waals surface area contributed by atoms with E-state index >= 15 is 0 Å². The van der Waals surface area contributed by atoms with Gasteiger partial charge in [-0.3, -0.25) is 9.69 Å². The summed E-state index contributed by atoms with van der Waals surface area (Å²) in [7, 11) is 0. The van der Waals surface area contributed by atoms with E-state index in [2.05, 4.69) is 40.7 Å². The first-order valence-corrected chi connectivity index (χ1v) is 10.3. The number of piperidine rings is 1. The Kier molecular flexibility index (Phi) is 6.13. The Labute approximate surface area is 168 Å². The third kappa shape index (κ3) is 4.61. The third-order valence-corrected chi connectivity index (χ3v) is 5.57. The summed E-state index contributed by atoms with van der Waals surface area (Å²) < 4.78 is 5.94. The maximum absolute atomic E-state index is 13.0. The zero-order chi connectivity index (χ0) is 20.1. The van der Waals surface area contributed by atoms with Crippen molar-refractivity contribution in [3.63, 3.8) is 0 Å². The van der Waals surface area contributed by atoms with Gasteiger partial charge in [0.25, 0.3) is 5.91 Å². The van der Waals surface area contributed by atoms with Crippen molar-refractivity contribution in [2.45, 2.75) is 57.9 Å². The Morgan fingerprint density at radius 1 is 1.17 bits per heavy atom. The number of rotatable bonds is 6. The van der Waals surface area contributed by atoms with Crippen molar-refractivity contribution >= 4 is 17.9 Å². The molecule has 4 rings (SSSR count). The molecule has 1 saturated heterocycles. The number of nitrogens with one attached hydrogen (secondary N) is 1. The number of carbonyl (C=O) groups excluding carboxylic acids is 1. The second kappa shape index (κ2) is 9.12. The summed E-state index contributed by atoms with van der Waals surface area (Å²) >= 11 is 0. The van der Waals surface area contributed by atoms with Gasteiger partial charge in [0.1, 0.15) is 5.69 Å². The first kappa shape index (κ1) is 19.5. The average molecular weight is 401 g/mol. The van der Waals surface area contributed by atoms with Gasteiger partial charge in [-0.15, -0.1) is 5.10 Å². The van der Waals surface area contributed by atoms with Crippen LogP contribution in [0.15, 0.2) is 9.73 Å². The predicted octanol–water partition coefficient (Wildman–Crippen LogP) is 1.51. The molecule has 0 spiro atoms. The number of aromatic nitrogens is 5. The van der Waals surface area contributed by atoms with Gasteiger partial charge < -0.3 is 5.73 Å². The number of amides is 1. The lowest BCUT2D eigenvalue weighted by atomic mass is 9.90. The summed E-state index contributed by atoms with van der Waals surface area (Å²) in [5, 5.41) is 19.8. The molecule has 29 heavy (non-hydrogen) atoms. The summed E-state index contributed by atoms with van der Waals surface area (Å²) in [5.74, 6) is 0.190. The zero-order valence-corrected chi connectivity index (χ0v) is 16.5. The van der Waals surface area contributed by atoms with Crippen molar-refractivity contribution in [1.29, 1.82) is 0 Å². The lowest BCUT2D eigenvalue weighted by molar-refractivity contribution is 0.0944. The molecule has 0 aromatic carbocycles. The monoisotopic (exact) mass is 401 g/mol. The van der Waals surface area contributed by atoms with Crippen LogP contribution in [0.4, 0.5) is 5.82 Å². The van der Waals surface area contributed by atoms with Crippen molar-refractivity contribution < 1.29 is 9.42 Å². The predicted molar refractivity (Wildman–Crippen MR) is 105 cm³/mol. The number of likely N-dealkylation sites (tertiary alicyclic amines) is 1. The van der Waals surface area contributed by atoms with Crippen molar-refractivity contribution in [3.8, 4) is 5.82 Å². The molecular weight excluding hydrogens is 374 g/mol. The number of nitrogens with two attached hydrogens (primary N) is 1. The van der Waals surface area contributed by atoms with Gasteiger partial charge >= 0.3 is 0 Å². The molecule has 2 aromatic heterocycles. The van der Waals surface area contributed by atoms with Crippen molar-refractivity contribution in [1.82, 2.24) is 35.6 Å². The van der Waals surface area contributed by atoms with E-state index in [0.717, 1.165) is 38.8 Å². The van der Waals surface area contributed by atoms with E-state index in [1.165, 1.54) is 30.4 Å². The van der Waals surface area contributed by atoms with Gasteiger partial charge in [0.15, 0.2) is 5.69 Å². The molecule has 2 aromatic rings. The number of nitrogens with zero attached hydrogens (tertiary/aromatic N) is 7. The highest BCUT2D eigenvalue weighted by Crippen LogP contribution is 2.22. The summed E-state index contributed by atoms with van der Waals surface area (Å²) in [6.45, 7) is 2.48. The molecule has 1 amide bonds. The van der Waals surface area contributed by atoms with Gasteiger partial charge in [-0.25, -0.2) is 10.1 Å². The van der Waals surface area contributed by atoms with Crippen LogP contribution in [0.5, 0.6) is 0 Å². The molecule has 0 atom stereocenters. The summed E-state index contributed by atoms with van der Waals surface area (Å²) in [4.78, 5) is 15.2. The van der Waals surface area contributed by atoms with Crippen LogP contribution in [0.1, 0.15) is 67.5 Å². The maximum atomic E-state index is 13.0. The largest absolute Gasteiger partial charge is 0.378 e. The standard InChI is InChI=1S/C18H27N9O2/c19-16-17(24-29-23-16)27-15(14(21-25-27)12-26-9-5-2-6-10-26)18(28)22-20-11-13-7-3-1-4-8-13/h11,13H,1-10,12H2,(H2,19,23)(H,22,28)/b20-11+. The number of hydrazone groups is 1. The van der Waals surface area contributed by atoms with Crippen molar-refractivity contribution in [2.75, 3.05) is 18.8 Å². The number of hydrogen-bond acceptors (Lipinski definition) is 9. The van der Waals surface area contributed by atoms with E-state index < -0.39 is 5.91 Å². The molecule has 0 bridgehead atoms. The Morgan fingerprint density at radius 3 is 2.66 bits per heavy atom. The maximum Gasteiger partial charge on any atom is 0.292 e. The van der Waals surface area contributed by atoms with Crippen molar-refractivity contribution in [3.05, 3.63) is 11.4 Å². The number of anilines is 1. The van der Waals surface area contributed by atoms with Crippen LogP contribution in [-0.4, -0.2) is 55.4 Å². The van der Waals surface area contributed by atoms with Gasteiger partial charge in [-0.05, 0) is 55.0 Å². The Bertz CT molecular complexity index is 847. The van der Waals surface area contributed by atoms with Crippen LogP contribution in [0, 0.1) is 5.92 Å². The Balaban J connectivity index is 1.54. The van der Waals surface area contributed by atoms with E-state index in [1.807, 2.05) is 6.21 Å². The molecule has 3 heterocycles. The van der Waals surface area contributed by atoms with Gasteiger partial charge in [0.2, 0.25) is 11.6 Å². The fourth-order valence-corrected chi connectivity index (χ4v) is 4.00. The first-order valence-electron chi connectivity index (χ1n) is 10.3. The van der Waals surface area contributed by atoms with Gasteiger partial charge in [0.05, 0.1) is 0 Å². The molecule has 0 unspecified atom stereocenters. The molecule has 3 N–H and O–H groups in total. The van der Waals surface area contributed by atoms with Crippen LogP contribution in [0.25, 0.3) is 5.82 Å². The van der Waals surface area contributed by atoms with Gasteiger partial charge in [-0.2, -0.15) is 9.78 Å². The minimum Gasteiger partial charge on any atom is -0.378 e. The molecule has 1 saturated carbocycles. The van der Waals surface area contributed by atoms with Crippen LogP contribution >= 0.6 is 0 Å². The molecule has 0 radical (unpaired) electrons. The first-order chi connectivity index (χ1) is 14.2. The van der Waals surface area contributed by atoms with E-state index in [4.69, 9.17) is 5.73 Å². The number of hydrogen-bond donors (Lipinski definition) is 2. The van der Waals surface area contributed by atoms with Crippen LogP contribution < -0.4 is 11.2 Å². The molecule has 1 aliphatic heterocycles. The van der Waals surface area contributed by atoms with E-state index in [0.29, 0.717) is 18.2 Å². The smallest absolute Gasteiger partial charge is 0.292 e. The fraction of sp³-hybridized carbons (Fsp3) is 0.667. The molecule has 2 aliphatic rings. The van der Waals surface area contributed by atoms with Crippen LogP contribution in [0.2, 0.25) is 0 Å². The topological polar surface area (TPSA) is 140 Å². The highest BCUT2D eigenvalue weighted by atomic mass is 16.6. The van der Waals surface area contributed by atoms with Gasteiger partial charge in [0, 0.05) is 12.8 Å². The summed E-state index contributed by atoms with van der Waals surface area (Å²) in [6, 6.07) is 0. The number of nitrogen functional groups attached to an aromatic ring is 1. The van der Waals surface area contributed by atoms with E-state index in [-0.39, 0.29) is 17.3 Å². The van der Waals surface area contributed by atoms with Gasteiger partial charge in [-0.1, -0.05) is 30.9 Å². The second-order valence-corrected chi connectivity index (χ2v) is 7.72. The minimum absolute atomic E-state index is 0.0409. The molecule has 156 valence electrons. The molecule has 11 heteroatoms. The molecule has 1 aliphatic carbocycles. The normalized spacial score (nSPS) is 19.0. The van der Waals surface area contributed by atoms with Crippen LogP contribution in [0.3, 0.4) is 0 Å². The highest BCUT2D eigenvalue weighted by Gasteiger charge is 2.26. The second-order valence-electron chi connectivity index (χ2n) is 7.72. The Hall–Kier alpha value is -2.82. The molecule has 11 nitrogen and oxygen atoms in total. The lowest BCUT2D eigenvalue weighted by Crippen LogP contribution is -2.31. The SMILES string of the molecule is Nc1nonc1-n1nnc(CN2CCCCC2)c1C(=O)N/N=C/C1CCCCC1. The molecule has 2 fully saturated rings. The number of carbonyl (C=O) groups is 1. The Morgan fingerprint density at radius 2 is 1.93 bits per heavy atom. The summed E-state index contributed by atoms with van der Waals surface area (Å²) in [6.07, 6.45) is 11.3. The molecular formula is C18H27N9O2. The van der Waals surface area contributed by atoms with E-state index in [9.17, 15) is 4.79 Å². The fourth-order valence-electron chi connectivity index (χ4n) is 4.00. The third-order valence-electron chi connectivity index (χ3n) is 5.57. The highest BCUT2D eigenvalue weighted by molar-refractivity contribution is 5.94. The average Bonchev–Trinajstić information content (AvgIpc) is 3.35. The minimum atomic E-state index is -0.406.